The molecule has 0 aliphatic carbocycles. The van der Waals surface area contributed by atoms with E-state index in [2.05, 4.69) is 49.0 Å². The Kier molecular flexibility index (Phi) is 8.75. The van der Waals surface area contributed by atoms with Crippen molar-refractivity contribution in [3.63, 3.8) is 0 Å². The first-order valence-corrected chi connectivity index (χ1v) is 11.3. The molecule has 1 fully saturated rings. The second-order valence-electron chi connectivity index (χ2n) is 6.71. The number of benzene rings is 2. The number of hydrogen-bond acceptors (Lipinski definition) is 7. The largest absolute Gasteiger partial charge is 0.487 e. The maximum atomic E-state index is 12.0. The maximum Gasteiger partial charge on any atom is 0.269 e. The molecular weight excluding hydrogens is 583 g/mol. The number of nitro benzene ring substituents is 1. The fourth-order valence-electron chi connectivity index (χ4n) is 2.88. The number of ether oxygens (including phenoxy) is 2. The van der Waals surface area contributed by atoms with Crippen LogP contribution >= 0.6 is 38.5 Å². The van der Waals surface area contributed by atoms with E-state index in [1.807, 2.05) is 17.0 Å². The van der Waals surface area contributed by atoms with Gasteiger partial charge in [0.25, 0.3) is 11.6 Å². The number of morpholine rings is 1. The van der Waals surface area contributed by atoms with Gasteiger partial charge in [0, 0.05) is 25.2 Å². The Morgan fingerprint density at radius 3 is 2.84 bits per heavy atom. The summed E-state index contributed by atoms with van der Waals surface area (Å²) in [6, 6.07) is 10.0. The van der Waals surface area contributed by atoms with E-state index >= 15 is 0 Å². The van der Waals surface area contributed by atoms with E-state index < -0.39 is 4.92 Å². The number of halogens is 2. The molecule has 1 N–H and O–H groups in total. The number of nitrogens with zero attached hydrogens (tertiary/aromatic N) is 3. The molecule has 164 valence electrons. The number of non-ortho nitro benzene ring substituents is 1. The Morgan fingerprint density at radius 2 is 2.13 bits per heavy atom. The molecule has 0 atom stereocenters. The molecule has 9 nitrogen and oxygen atoms in total. The minimum absolute atomic E-state index is 0.0251. The van der Waals surface area contributed by atoms with E-state index in [1.54, 1.807) is 18.3 Å². The zero-order chi connectivity index (χ0) is 22.2. The van der Waals surface area contributed by atoms with Crippen LogP contribution in [0.5, 0.6) is 5.75 Å². The molecule has 0 aromatic heterocycles. The summed E-state index contributed by atoms with van der Waals surface area (Å²) in [5.74, 6) is 0.449. The first kappa shape index (κ1) is 23.6. The number of nitrogens with one attached hydrogen (secondary N) is 1. The average Bonchev–Trinajstić information content (AvgIpc) is 2.74. The van der Waals surface area contributed by atoms with Crippen LogP contribution in [0.1, 0.15) is 11.1 Å². The summed E-state index contributed by atoms with van der Waals surface area (Å²) in [5, 5.41) is 14.9. The van der Waals surface area contributed by atoms with Crippen molar-refractivity contribution >= 4 is 56.3 Å². The van der Waals surface area contributed by atoms with Gasteiger partial charge in [-0.1, -0.05) is 12.1 Å². The van der Waals surface area contributed by atoms with Gasteiger partial charge < -0.3 is 9.47 Å². The molecule has 3 rings (SSSR count). The standard InChI is InChI=1S/C20H20BrIN4O5/c21-17-9-15(11-23-24-19(27)12-25-4-6-30-7-5-25)10-18(22)20(17)31-13-14-2-1-3-16(8-14)26(28)29/h1-3,8-11H,4-7,12-13H2,(H,24,27)/b23-11+. The van der Waals surface area contributed by atoms with E-state index in [1.165, 1.54) is 12.1 Å². The number of nitro groups is 1. The summed E-state index contributed by atoms with van der Waals surface area (Å²) in [4.78, 5) is 24.5. The molecule has 11 heteroatoms. The number of amides is 1. The average molecular weight is 603 g/mol. The molecule has 0 unspecified atom stereocenters. The van der Waals surface area contributed by atoms with Crippen molar-refractivity contribution < 1.29 is 19.2 Å². The summed E-state index contributed by atoms with van der Waals surface area (Å²) in [6.07, 6.45) is 1.56. The predicted molar refractivity (Wildman–Crippen MR) is 127 cm³/mol. The molecule has 2 aromatic rings. The van der Waals surface area contributed by atoms with E-state index in [9.17, 15) is 14.9 Å². The van der Waals surface area contributed by atoms with Crippen LogP contribution in [0.15, 0.2) is 46.0 Å². The van der Waals surface area contributed by atoms with Crippen molar-refractivity contribution in [1.82, 2.24) is 10.3 Å². The summed E-state index contributed by atoms with van der Waals surface area (Å²) in [5.41, 5.74) is 4.04. The van der Waals surface area contributed by atoms with Crippen LogP contribution in [0, 0.1) is 13.7 Å². The highest BCUT2D eigenvalue weighted by atomic mass is 127. The van der Waals surface area contributed by atoms with Crippen molar-refractivity contribution in [3.05, 3.63) is 65.7 Å². The minimum Gasteiger partial charge on any atom is -0.487 e. The second kappa shape index (κ2) is 11.5. The van der Waals surface area contributed by atoms with Gasteiger partial charge >= 0.3 is 0 Å². The number of hydrazone groups is 1. The predicted octanol–water partition coefficient (Wildman–Crippen LogP) is 3.32. The van der Waals surface area contributed by atoms with E-state index in [0.717, 1.165) is 22.2 Å². The van der Waals surface area contributed by atoms with Gasteiger partial charge in [-0.3, -0.25) is 19.8 Å². The van der Waals surface area contributed by atoms with Crippen LogP contribution < -0.4 is 10.2 Å². The van der Waals surface area contributed by atoms with Gasteiger partial charge in [0.2, 0.25) is 0 Å². The van der Waals surface area contributed by atoms with E-state index in [0.29, 0.717) is 29.0 Å². The van der Waals surface area contributed by atoms with Gasteiger partial charge in [0.15, 0.2) is 0 Å². The van der Waals surface area contributed by atoms with Gasteiger partial charge in [-0.15, -0.1) is 0 Å². The third-order valence-electron chi connectivity index (χ3n) is 4.40. The molecule has 0 bridgehead atoms. The summed E-state index contributed by atoms with van der Waals surface area (Å²) in [6.45, 7) is 3.23. The molecule has 0 radical (unpaired) electrons. The van der Waals surface area contributed by atoms with Gasteiger partial charge in [0.1, 0.15) is 12.4 Å². The Bertz CT molecular complexity index is 959. The van der Waals surface area contributed by atoms with Crippen molar-refractivity contribution in [1.29, 1.82) is 0 Å². The van der Waals surface area contributed by atoms with Crippen molar-refractivity contribution in [2.45, 2.75) is 6.61 Å². The van der Waals surface area contributed by atoms with E-state index in [-0.39, 0.29) is 24.7 Å². The van der Waals surface area contributed by atoms with Crippen molar-refractivity contribution in [2.24, 2.45) is 5.10 Å². The lowest BCUT2D eigenvalue weighted by atomic mass is 10.2. The summed E-state index contributed by atoms with van der Waals surface area (Å²) < 4.78 is 12.7. The number of carbonyl (C=O) groups excluding carboxylic acids is 1. The van der Waals surface area contributed by atoms with Gasteiger partial charge in [-0.05, 0) is 61.8 Å². The highest BCUT2D eigenvalue weighted by molar-refractivity contribution is 14.1. The van der Waals surface area contributed by atoms with Crippen LogP contribution in [0.4, 0.5) is 5.69 Å². The Hall–Kier alpha value is -2.09. The minimum atomic E-state index is -0.433. The molecule has 1 heterocycles. The van der Waals surface area contributed by atoms with Crippen LogP contribution in [-0.4, -0.2) is 54.8 Å². The first-order valence-electron chi connectivity index (χ1n) is 9.39. The molecule has 0 saturated carbocycles. The quantitative estimate of drug-likeness (QED) is 0.215. The molecule has 1 aliphatic heterocycles. The molecule has 31 heavy (non-hydrogen) atoms. The zero-order valence-corrected chi connectivity index (χ0v) is 20.2. The smallest absolute Gasteiger partial charge is 0.269 e. The third-order valence-corrected chi connectivity index (χ3v) is 5.79. The molecular formula is C20H20BrIN4O5. The fraction of sp³-hybridized carbons (Fsp3) is 0.300. The lowest BCUT2D eigenvalue weighted by molar-refractivity contribution is -0.384. The Morgan fingerprint density at radius 1 is 1.35 bits per heavy atom. The first-order chi connectivity index (χ1) is 14.9. The summed E-state index contributed by atoms with van der Waals surface area (Å²) >= 11 is 5.63. The third kappa shape index (κ3) is 7.23. The normalized spacial score (nSPS) is 14.5. The summed E-state index contributed by atoms with van der Waals surface area (Å²) in [7, 11) is 0. The monoisotopic (exact) mass is 602 g/mol. The van der Waals surface area contributed by atoms with Crippen LogP contribution in [0.2, 0.25) is 0 Å². The van der Waals surface area contributed by atoms with Gasteiger partial charge in [0.05, 0.1) is 38.9 Å². The zero-order valence-electron chi connectivity index (χ0n) is 16.4. The number of rotatable bonds is 8. The lowest BCUT2D eigenvalue weighted by Gasteiger charge is -2.25. The molecule has 1 aliphatic rings. The lowest BCUT2D eigenvalue weighted by Crippen LogP contribution is -2.42. The highest BCUT2D eigenvalue weighted by Gasteiger charge is 2.14. The van der Waals surface area contributed by atoms with Crippen LogP contribution in [-0.2, 0) is 16.1 Å². The maximum absolute atomic E-state index is 12.0. The topological polar surface area (TPSA) is 106 Å². The van der Waals surface area contributed by atoms with Crippen molar-refractivity contribution in [2.75, 3.05) is 32.8 Å². The number of carbonyl (C=O) groups is 1. The molecule has 1 saturated heterocycles. The fourth-order valence-corrected chi connectivity index (χ4v) is 4.65. The Balaban J connectivity index is 1.56. The molecule has 0 spiro atoms. The van der Waals surface area contributed by atoms with Gasteiger partial charge in [-0.2, -0.15) is 5.10 Å². The molecule has 1 amide bonds. The molecule has 2 aromatic carbocycles. The van der Waals surface area contributed by atoms with Crippen molar-refractivity contribution in [3.8, 4) is 5.75 Å². The van der Waals surface area contributed by atoms with E-state index in [4.69, 9.17) is 9.47 Å². The van der Waals surface area contributed by atoms with Gasteiger partial charge in [-0.25, -0.2) is 5.43 Å². The SMILES string of the molecule is O=C(CN1CCOCC1)N/N=C/c1cc(Br)c(OCc2cccc([N+](=O)[O-])c2)c(I)c1. The van der Waals surface area contributed by atoms with Crippen LogP contribution in [0.25, 0.3) is 0 Å². The number of hydrogen-bond donors (Lipinski definition) is 1. The highest BCUT2D eigenvalue weighted by Crippen LogP contribution is 2.32. The van der Waals surface area contributed by atoms with Crippen LogP contribution in [0.3, 0.4) is 0 Å². The Labute approximate surface area is 201 Å². The second-order valence-corrected chi connectivity index (χ2v) is 8.73.